The molecule has 0 atom stereocenters. The summed E-state index contributed by atoms with van der Waals surface area (Å²) in [6.07, 6.45) is 0. The molecule has 1 nitrogen and oxygen atoms in total. The summed E-state index contributed by atoms with van der Waals surface area (Å²) in [6.45, 7) is 0. The maximum Gasteiger partial charge on any atom is 0.216 e. The van der Waals surface area contributed by atoms with E-state index in [1.54, 1.807) is 24.3 Å². The van der Waals surface area contributed by atoms with Crippen molar-refractivity contribution in [2.75, 3.05) is 0 Å². The second kappa shape index (κ2) is 3.08. The second-order valence-corrected chi connectivity index (χ2v) is 2.65. The van der Waals surface area contributed by atoms with Gasteiger partial charge in [-0.05, 0) is 24.3 Å². The van der Waals surface area contributed by atoms with Crippen LogP contribution in [0.15, 0.2) is 24.3 Å². The molecule has 10 heavy (non-hydrogen) atoms. The highest BCUT2D eigenvalue weighted by Crippen LogP contribution is 2.10. The lowest BCUT2D eigenvalue weighted by Gasteiger charge is -1.91. The highest BCUT2D eigenvalue weighted by Gasteiger charge is 1.96. The fourth-order valence-corrected chi connectivity index (χ4v) is 0.868. The van der Waals surface area contributed by atoms with Gasteiger partial charge in [0, 0.05) is 10.6 Å². The fourth-order valence-electron chi connectivity index (χ4n) is 0.592. The zero-order valence-electron chi connectivity index (χ0n) is 5.04. The average molecular weight is 173 g/mol. The Labute approximate surface area is 69.4 Å². The molecule has 1 aromatic rings. The Hall–Kier alpha value is -0.470. The van der Waals surface area contributed by atoms with Crippen molar-refractivity contribution in [3.8, 4) is 0 Å². The number of benzene rings is 1. The predicted octanol–water partition coefficient (Wildman–Crippen LogP) is 2.41. The average Bonchev–Trinajstić information content (AvgIpc) is 1.88. The van der Waals surface area contributed by atoms with Crippen LogP contribution < -0.4 is 0 Å². The Morgan fingerprint density at radius 2 is 1.80 bits per heavy atom. The minimum atomic E-state index is -0.239. The van der Waals surface area contributed by atoms with E-state index in [2.05, 4.69) is 12.6 Å². The van der Waals surface area contributed by atoms with Crippen LogP contribution in [0.25, 0.3) is 0 Å². The number of hydrogen-bond acceptors (Lipinski definition) is 1. The second-order valence-electron chi connectivity index (χ2n) is 1.81. The maximum atomic E-state index is 10.6. The smallest absolute Gasteiger partial charge is 0.216 e. The van der Waals surface area contributed by atoms with Crippen LogP contribution in [-0.2, 0) is 0 Å². The number of carbonyl (C=O) groups is 1. The number of rotatable bonds is 1. The van der Waals surface area contributed by atoms with Crippen LogP contribution in [0.1, 0.15) is 10.4 Å². The summed E-state index contributed by atoms with van der Waals surface area (Å²) in [4.78, 5) is 10.6. The lowest BCUT2D eigenvalue weighted by atomic mass is 10.2. The maximum absolute atomic E-state index is 10.6. The lowest BCUT2D eigenvalue weighted by molar-refractivity contribution is 0.109. The third-order valence-corrected chi connectivity index (χ3v) is 1.60. The van der Waals surface area contributed by atoms with Crippen molar-refractivity contribution in [1.82, 2.24) is 0 Å². The zero-order valence-corrected chi connectivity index (χ0v) is 6.69. The molecule has 1 rings (SSSR count). The molecule has 0 fully saturated rings. The first-order valence-corrected chi connectivity index (χ1v) is 3.51. The molecule has 1 aromatic carbocycles. The van der Waals surface area contributed by atoms with E-state index in [1.807, 2.05) is 0 Å². The molecule has 3 heteroatoms. The van der Waals surface area contributed by atoms with E-state index in [0.29, 0.717) is 10.6 Å². The van der Waals surface area contributed by atoms with Gasteiger partial charge in [0.1, 0.15) is 0 Å². The van der Waals surface area contributed by atoms with Crippen molar-refractivity contribution < 1.29 is 4.79 Å². The SMILES string of the molecule is O=C(S)c1ccc(Cl)cc1. The number of carbonyl (C=O) groups excluding carboxylic acids is 1. The van der Waals surface area contributed by atoms with Crippen LogP contribution in [0, 0.1) is 0 Å². The molecule has 0 heterocycles. The van der Waals surface area contributed by atoms with Gasteiger partial charge in [0.25, 0.3) is 0 Å². The Morgan fingerprint density at radius 1 is 1.30 bits per heavy atom. The van der Waals surface area contributed by atoms with Gasteiger partial charge < -0.3 is 0 Å². The molecule has 0 aromatic heterocycles. The van der Waals surface area contributed by atoms with E-state index in [1.165, 1.54) is 0 Å². The van der Waals surface area contributed by atoms with Gasteiger partial charge in [0.15, 0.2) is 0 Å². The normalized spacial score (nSPS) is 9.40. The van der Waals surface area contributed by atoms with Crippen LogP contribution in [0.4, 0.5) is 0 Å². The van der Waals surface area contributed by atoms with Crippen molar-refractivity contribution in [2.24, 2.45) is 0 Å². The van der Waals surface area contributed by atoms with Crippen molar-refractivity contribution in [2.45, 2.75) is 0 Å². The zero-order chi connectivity index (χ0) is 7.56. The molecule has 0 bridgehead atoms. The molecule has 0 aliphatic carbocycles. The minimum Gasteiger partial charge on any atom is -0.282 e. The molecule has 0 unspecified atom stereocenters. The molecular formula is C7H5ClOS. The summed E-state index contributed by atoms with van der Waals surface area (Å²) in [5.41, 5.74) is 0.563. The predicted molar refractivity (Wildman–Crippen MR) is 44.8 cm³/mol. The van der Waals surface area contributed by atoms with Gasteiger partial charge >= 0.3 is 0 Å². The Bertz CT molecular complexity index is 242. The topological polar surface area (TPSA) is 17.1 Å². The molecule has 0 saturated carbocycles. The molecule has 0 radical (unpaired) electrons. The first-order chi connectivity index (χ1) is 4.70. The van der Waals surface area contributed by atoms with Crippen molar-refractivity contribution >= 4 is 29.3 Å². The Morgan fingerprint density at radius 3 is 2.20 bits per heavy atom. The summed E-state index contributed by atoms with van der Waals surface area (Å²) in [5.74, 6) is 0. The lowest BCUT2D eigenvalue weighted by Crippen LogP contribution is -1.85. The minimum absolute atomic E-state index is 0.239. The Kier molecular flexibility index (Phi) is 2.35. The molecule has 0 aliphatic rings. The highest BCUT2D eigenvalue weighted by molar-refractivity contribution is 7.97. The van der Waals surface area contributed by atoms with Crippen LogP contribution in [0.2, 0.25) is 5.02 Å². The van der Waals surface area contributed by atoms with E-state index in [4.69, 9.17) is 11.6 Å². The molecule has 52 valence electrons. The number of hydrogen-bond donors (Lipinski definition) is 1. The van der Waals surface area contributed by atoms with Crippen LogP contribution >= 0.6 is 24.2 Å². The van der Waals surface area contributed by atoms with Gasteiger partial charge in [0.05, 0.1) is 0 Å². The summed E-state index contributed by atoms with van der Waals surface area (Å²) in [7, 11) is 0. The number of halogens is 1. The van der Waals surface area contributed by atoms with E-state index < -0.39 is 0 Å². The van der Waals surface area contributed by atoms with E-state index in [-0.39, 0.29) is 5.12 Å². The molecule has 0 amide bonds. The summed E-state index contributed by atoms with van der Waals surface area (Å²) in [5, 5.41) is 0.384. The van der Waals surface area contributed by atoms with E-state index >= 15 is 0 Å². The van der Waals surface area contributed by atoms with Gasteiger partial charge in [-0.3, -0.25) is 4.79 Å². The molecule has 0 saturated heterocycles. The molecular weight excluding hydrogens is 168 g/mol. The van der Waals surface area contributed by atoms with Crippen molar-refractivity contribution in [3.63, 3.8) is 0 Å². The van der Waals surface area contributed by atoms with E-state index in [0.717, 1.165) is 0 Å². The van der Waals surface area contributed by atoms with Crippen LogP contribution in [0.5, 0.6) is 0 Å². The van der Waals surface area contributed by atoms with Gasteiger partial charge in [-0.2, -0.15) is 0 Å². The van der Waals surface area contributed by atoms with Crippen LogP contribution in [0.3, 0.4) is 0 Å². The van der Waals surface area contributed by atoms with Crippen molar-refractivity contribution in [3.05, 3.63) is 34.9 Å². The largest absolute Gasteiger partial charge is 0.282 e. The number of thiol groups is 1. The summed E-state index contributed by atoms with van der Waals surface area (Å²) in [6, 6.07) is 6.59. The van der Waals surface area contributed by atoms with Crippen molar-refractivity contribution in [1.29, 1.82) is 0 Å². The fraction of sp³-hybridized carbons (Fsp3) is 0. The molecule has 0 aliphatic heterocycles. The quantitative estimate of drug-likeness (QED) is 0.644. The van der Waals surface area contributed by atoms with Gasteiger partial charge in [-0.1, -0.05) is 11.6 Å². The highest BCUT2D eigenvalue weighted by atomic mass is 35.5. The van der Waals surface area contributed by atoms with Gasteiger partial charge in [-0.25, -0.2) is 0 Å². The first kappa shape index (κ1) is 7.63. The standard InChI is InChI=1S/C7H5ClOS/c8-6-3-1-5(2-4-6)7(9)10/h1-4H,(H,9,10). The molecule has 0 N–H and O–H groups in total. The van der Waals surface area contributed by atoms with E-state index in [9.17, 15) is 4.79 Å². The third kappa shape index (κ3) is 1.75. The first-order valence-electron chi connectivity index (χ1n) is 2.69. The third-order valence-electron chi connectivity index (χ3n) is 1.09. The summed E-state index contributed by atoms with van der Waals surface area (Å²) >= 11 is 9.22. The monoisotopic (exact) mass is 172 g/mol. The van der Waals surface area contributed by atoms with Gasteiger partial charge in [-0.15, -0.1) is 12.6 Å². The summed E-state index contributed by atoms with van der Waals surface area (Å²) < 4.78 is 0. The van der Waals surface area contributed by atoms with Crippen LogP contribution in [-0.4, -0.2) is 5.12 Å². The van der Waals surface area contributed by atoms with Gasteiger partial charge in [0.2, 0.25) is 5.12 Å². The molecule has 0 spiro atoms. The Balaban J connectivity index is 3.00.